The molecule has 2 atom stereocenters. The number of carbonyl (C=O) groups is 4. The van der Waals surface area contributed by atoms with E-state index in [0.717, 1.165) is 16.9 Å². The van der Waals surface area contributed by atoms with Gasteiger partial charge in [-0.3, -0.25) is 19.2 Å². The molecular formula is C26H29N3O6. The molecular weight excluding hydrogens is 450 g/mol. The highest BCUT2D eigenvalue weighted by Crippen LogP contribution is 2.33. The lowest BCUT2D eigenvalue weighted by atomic mass is 9.85. The van der Waals surface area contributed by atoms with Crippen molar-refractivity contribution >= 4 is 29.4 Å². The van der Waals surface area contributed by atoms with Crippen LogP contribution in [0.25, 0.3) is 11.1 Å². The third kappa shape index (κ3) is 5.29. The molecule has 0 bridgehead atoms. The van der Waals surface area contributed by atoms with Gasteiger partial charge in [0.05, 0.1) is 24.8 Å². The molecule has 2 aromatic rings. The quantitative estimate of drug-likeness (QED) is 0.561. The first-order valence-corrected chi connectivity index (χ1v) is 11.5. The minimum atomic E-state index is -0.966. The van der Waals surface area contributed by atoms with Crippen LogP contribution in [0.3, 0.4) is 0 Å². The van der Waals surface area contributed by atoms with Gasteiger partial charge in [0.15, 0.2) is 0 Å². The van der Waals surface area contributed by atoms with Crippen molar-refractivity contribution in [2.45, 2.75) is 45.2 Å². The van der Waals surface area contributed by atoms with Gasteiger partial charge in [-0.25, -0.2) is 0 Å². The molecule has 0 radical (unpaired) electrons. The SMILES string of the molecule is COc1ccc(-c2ccc3c(c2)C(=O)N2C[C@@H](NC(=O)CC(C)(C)CC(=O)O)C[C@H]2C(=O)N3)cc1. The van der Waals surface area contributed by atoms with Crippen molar-refractivity contribution in [3.63, 3.8) is 0 Å². The number of amides is 3. The Morgan fingerprint density at radius 1 is 1.11 bits per heavy atom. The molecule has 2 aliphatic rings. The second-order valence-corrected chi connectivity index (χ2v) is 9.86. The highest BCUT2D eigenvalue weighted by Gasteiger charge is 2.43. The standard InChI is InChI=1S/C26H29N3O6/c1-26(2,13-23(31)32)12-22(30)27-17-11-21-24(33)28-20-9-6-16(10-19(20)25(34)29(21)14-17)15-4-7-18(35-3)8-5-15/h4-10,17,21H,11-14H2,1-3H3,(H,27,30)(H,28,33)(H,31,32)/t17-,21-/m0/s1. The molecule has 2 aromatic carbocycles. The predicted octanol–water partition coefficient (Wildman–Crippen LogP) is 2.90. The van der Waals surface area contributed by atoms with E-state index in [4.69, 9.17) is 9.84 Å². The number of carboxylic acid groups (broad SMARTS) is 1. The van der Waals surface area contributed by atoms with Gasteiger partial charge in [-0.1, -0.05) is 32.0 Å². The van der Waals surface area contributed by atoms with E-state index in [-0.39, 0.29) is 37.1 Å². The third-order valence-electron chi connectivity index (χ3n) is 6.43. The molecule has 2 heterocycles. The summed E-state index contributed by atoms with van der Waals surface area (Å²) in [6.07, 6.45) is 0.199. The highest BCUT2D eigenvalue weighted by atomic mass is 16.5. The Balaban J connectivity index is 1.51. The Morgan fingerprint density at radius 2 is 1.80 bits per heavy atom. The smallest absolute Gasteiger partial charge is 0.303 e. The van der Waals surface area contributed by atoms with E-state index in [1.165, 1.54) is 4.90 Å². The zero-order chi connectivity index (χ0) is 25.3. The minimum absolute atomic E-state index is 0.0364. The number of hydrogen-bond donors (Lipinski definition) is 3. The molecule has 0 saturated carbocycles. The summed E-state index contributed by atoms with van der Waals surface area (Å²) in [6.45, 7) is 3.64. The molecule has 2 aliphatic heterocycles. The lowest BCUT2D eigenvalue weighted by molar-refractivity contribution is -0.139. The Hall–Kier alpha value is -3.88. The van der Waals surface area contributed by atoms with Crippen LogP contribution in [-0.2, 0) is 14.4 Å². The number of benzene rings is 2. The number of carboxylic acids is 1. The van der Waals surface area contributed by atoms with E-state index < -0.39 is 23.5 Å². The maximum atomic E-state index is 13.5. The Labute approximate surface area is 203 Å². The second-order valence-electron chi connectivity index (χ2n) is 9.86. The van der Waals surface area contributed by atoms with E-state index in [1.807, 2.05) is 30.3 Å². The van der Waals surface area contributed by atoms with Gasteiger partial charge in [-0.15, -0.1) is 0 Å². The number of ether oxygens (including phenoxy) is 1. The number of nitrogens with zero attached hydrogens (tertiary/aromatic N) is 1. The van der Waals surface area contributed by atoms with Crippen LogP contribution in [0.1, 0.15) is 43.5 Å². The summed E-state index contributed by atoms with van der Waals surface area (Å²) < 4.78 is 5.20. The Kier molecular flexibility index (Phi) is 6.51. The summed E-state index contributed by atoms with van der Waals surface area (Å²) in [6, 6.07) is 11.7. The van der Waals surface area contributed by atoms with Crippen molar-refractivity contribution in [3.05, 3.63) is 48.0 Å². The molecule has 9 nitrogen and oxygen atoms in total. The van der Waals surface area contributed by atoms with Gasteiger partial charge in [0.25, 0.3) is 5.91 Å². The summed E-state index contributed by atoms with van der Waals surface area (Å²) >= 11 is 0. The molecule has 184 valence electrons. The topological polar surface area (TPSA) is 125 Å². The molecule has 0 unspecified atom stereocenters. The van der Waals surface area contributed by atoms with Crippen LogP contribution in [0.15, 0.2) is 42.5 Å². The fourth-order valence-electron chi connectivity index (χ4n) is 4.76. The maximum Gasteiger partial charge on any atom is 0.303 e. The molecule has 9 heteroatoms. The van der Waals surface area contributed by atoms with Crippen molar-refractivity contribution in [2.24, 2.45) is 5.41 Å². The number of methoxy groups -OCH3 is 1. The number of carbonyl (C=O) groups excluding carboxylic acids is 3. The average molecular weight is 480 g/mol. The van der Waals surface area contributed by atoms with Gasteiger partial charge in [-0.05, 0) is 47.2 Å². The monoisotopic (exact) mass is 479 g/mol. The van der Waals surface area contributed by atoms with Crippen molar-refractivity contribution < 1.29 is 29.0 Å². The molecule has 0 aromatic heterocycles. The number of fused-ring (bicyclic) bond motifs is 2. The molecule has 0 spiro atoms. The summed E-state index contributed by atoms with van der Waals surface area (Å²) in [7, 11) is 1.60. The van der Waals surface area contributed by atoms with Gasteiger partial charge < -0.3 is 25.4 Å². The van der Waals surface area contributed by atoms with Crippen LogP contribution in [0.2, 0.25) is 0 Å². The zero-order valence-electron chi connectivity index (χ0n) is 20.0. The summed E-state index contributed by atoms with van der Waals surface area (Å²) in [4.78, 5) is 51.5. The van der Waals surface area contributed by atoms with Gasteiger partial charge >= 0.3 is 5.97 Å². The second kappa shape index (κ2) is 9.40. The molecule has 3 N–H and O–H groups in total. The minimum Gasteiger partial charge on any atom is -0.497 e. The molecule has 35 heavy (non-hydrogen) atoms. The fraction of sp³-hybridized carbons (Fsp3) is 0.385. The normalized spacial score (nSPS) is 19.3. The molecule has 3 amide bonds. The van der Waals surface area contributed by atoms with Crippen LogP contribution in [-0.4, -0.2) is 59.4 Å². The van der Waals surface area contributed by atoms with Crippen LogP contribution in [0, 0.1) is 5.41 Å². The van der Waals surface area contributed by atoms with Gasteiger partial charge in [-0.2, -0.15) is 0 Å². The van der Waals surface area contributed by atoms with Crippen LogP contribution in [0.4, 0.5) is 5.69 Å². The number of rotatable bonds is 7. The number of aliphatic carboxylic acids is 1. The maximum absolute atomic E-state index is 13.5. The first-order valence-electron chi connectivity index (χ1n) is 11.5. The van der Waals surface area contributed by atoms with Crippen molar-refractivity contribution in [3.8, 4) is 16.9 Å². The summed E-state index contributed by atoms with van der Waals surface area (Å²) in [5.74, 6) is -1.11. The van der Waals surface area contributed by atoms with Crippen LogP contribution in [0.5, 0.6) is 5.75 Å². The summed E-state index contributed by atoms with van der Waals surface area (Å²) in [5, 5.41) is 14.8. The van der Waals surface area contributed by atoms with Crippen LogP contribution < -0.4 is 15.4 Å². The Bertz CT molecular complexity index is 1170. The van der Waals surface area contributed by atoms with Gasteiger partial charge in [0.2, 0.25) is 11.8 Å². The van der Waals surface area contributed by atoms with Gasteiger partial charge in [0.1, 0.15) is 11.8 Å². The Morgan fingerprint density at radius 3 is 2.46 bits per heavy atom. The first kappa shape index (κ1) is 24.3. The predicted molar refractivity (Wildman–Crippen MR) is 129 cm³/mol. The van der Waals surface area contributed by atoms with Crippen LogP contribution >= 0.6 is 0 Å². The molecule has 1 fully saturated rings. The fourth-order valence-corrected chi connectivity index (χ4v) is 4.76. The van der Waals surface area contributed by atoms with E-state index in [2.05, 4.69) is 10.6 Å². The third-order valence-corrected chi connectivity index (χ3v) is 6.43. The highest BCUT2D eigenvalue weighted by molar-refractivity contribution is 6.11. The number of anilines is 1. The number of nitrogens with one attached hydrogen (secondary N) is 2. The van der Waals surface area contributed by atoms with E-state index in [0.29, 0.717) is 17.7 Å². The number of hydrogen-bond acceptors (Lipinski definition) is 5. The molecule has 4 rings (SSSR count). The van der Waals surface area contributed by atoms with Crippen molar-refractivity contribution in [2.75, 3.05) is 19.0 Å². The van der Waals surface area contributed by atoms with Crippen molar-refractivity contribution in [1.29, 1.82) is 0 Å². The summed E-state index contributed by atoms with van der Waals surface area (Å²) in [5.41, 5.74) is 1.89. The van der Waals surface area contributed by atoms with E-state index >= 15 is 0 Å². The lowest BCUT2D eigenvalue weighted by Gasteiger charge is -2.23. The van der Waals surface area contributed by atoms with E-state index in [9.17, 15) is 19.2 Å². The lowest BCUT2D eigenvalue weighted by Crippen LogP contribution is -2.41. The van der Waals surface area contributed by atoms with Gasteiger partial charge in [0, 0.05) is 19.0 Å². The molecule has 0 aliphatic carbocycles. The average Bonchev–Trinajstić information content (AvgIpc) is 3.17. The largest absolute Gasteiger partial charge is 0.497 e. The van der Waals surface area contributed by atoms with E-state index in [1.54, 1.807) is 33.1 Å². The van der Waals surface area contributed by atoms with Crippen molar-refractivity contribution in [1.82, 2.24) is 10.2 Å². The first-order chi connectivity index (χ1) is 16.6. The molecule has 1 saturated heterocycles. The zero-order valence-corrected chi connectivity index (χ0v) is 20.0.